The minimum absolute atomic E-state index is 0.302. The van der Waals surface area contributed by atoms with E-state index in [0.717, 1.165) is 5.56 Å². The monoisotopic (exact) mass is 262 g/mol. The summed E-state index contributed by atoms with van der Waals surface area (Å²) in [6.45, 7) is 4.00. The Morgan fingerprint density at radius 3 is 2.33 bits per heavy atom. The predicted molar refractivity (Wildman–Crippen MR) is 70.7 cm³/mol. The van der Waals surface area contributed by atoms with Crippen molar-refractivity contribution < 1.29 is 4.39 Å². The number of pyridine rings is 1. The molecule has 92 valence electrons. The fourth-order valence-corrected chi connectivity index (χ4v) is 1.49. The van der Waals surface area contributed by atoms with Gasteiger partial charge in [0.05, 0.1) is 16.3 Å². The van der Waals surface area contributed by atoms with Gasteiger partial charge in [-0.1, -0.05) is 25.4 Å². The van der Waals surface area contributed by atoms with E-state index in [-0.39, 0.29) is 5.82 Å². The molecular formula is C14H12ClFN2. The Morgan fingerprint density at radius 1 is 1.22 bits per heavy atom. The third-order valence-corrected chi connectivity index (χ3v) is 2.43. The lowest BCUT2D eigenvalue weighted by atomic mass is 10.1. The standard InChI is InChI=1S/C12H6ClFN2.C2H6/c13-11-5-12(16-7-9(11)6-15)8-1-3-10(14)4-2-8;1-2/h1-5,7H;1-2H3. The third-order valence-electron chi connectivity index (χ3n) is 2.11. The SMILES string of the molecule is CC.N#Cc1cnc(-c2ccc(F)cc2)cc1Cl. The van der Waals surface area contributed by atoms with E-state index in [1.807, 2.05) is 19.9 Å². The highest BCUT2D eigenvalue weighted by Gasteiger charge is 2.04. The van der Waals surface area contributed by atoms with Crippen LogP contribution in [0, 0.1) is 17.1 Å². The van der Waals surface area contributed by atoms with Gasteiger partial charge in [-0.25, -0.2) is 4.39 Å². The van der Waals surface area contributed by atoms with Crippen LogP contribution in [0.3, 0.4) is 0 Å². The van der Waals surface area contributed by atoms with Crippen molar-refractivity contribution in [3.05, 3.63) is 52.9 Å². The largest absolute Gasteiger partial charge is 0.255 e. The van der Waals surface area contributed by atoms with Crippen molar-refractivity contribution in [3.8, 4) is 17.3 Å². The minimum Gasteiger partial charge on any atom is -0.255 e. The van der Waals surface area contributed by atoms with Crippen LogP contribution in [-0.4, -0.2) is 4.98 Å². The normalized spacial score (nSPS) is 9.06. The first-order valence-electron chi connectivity index (χ1n) is 5.52. The van der Waals surface area contributed by atoms with Crippen LogP contribution in [0.2, 0.25) is 5.02 Å². The van der Waals surface area contributed by atoms with Crippen LogP contribution >= 0.6 is 11.6 Å². The molecule has 0 bridgehead atoms. The molecule has 0 saturated heterocycles. The van der Waals surface area contributed by atoms with Crippen molar-refractivity contribution in [2.75, 3.05) is 0 Å². The van der Waals surface area contributed by atoms with Crippen LogP contribution in [0.4, 0.5) is 4.39 Å². The molecule has 0 aliphatic carbocycles. The lowest BCUT2D eigenvalue weighted by Crippen LogP contribution is -1.86. The molecule has 1 heterocycles. The van der Waals surface area contributed by atoms with Crippen LogP contribution in [0.1, 0.15) is 19.4 Å². The Hall–Kier alpha value is -1.92. The van der Waals surface area contributed by atoms with Gasteiger partial charge in [-0.05, 0) is 30.3 Å². The van der Waals surface area contributed by atoms with Crippen molar-refractivity contribution in [2.24, 2.45) is 0 Å². The molecule has 0 amide bonds. The van der Waals surface area contributed by atoms with E-state index in [1.165, 1.54) is 18.3 Å². The van der Waals surface area contributed by atoms with Gasteiger partial charge in [-0.3, -0.25) is 4.98 Å². The molecule has 1 aromatic heterocycles. The second-order valence-electron chi connectivity index (χ2n) is 3.17. The average Bonchev–Trinajstić information content (AvgIpc) is 2.42. The maximum Gasteiger partial charge on any atom is 0.123 e. The minimum atomic E-state index is -0.302. The molecule has 0 aliphatic rings. The number of nitrogens with zero attached hydrogens (tertiary/aromatic N) is 2. The van der Waals surface area contributed by atoms with E-state index in [2.05, 4.69) is 4.98 Å². The van der Waals surface area contributed by atoms with Gasteiger partial charge in [0.25, 0.3) is 0 Å². The highest BCUT2D eigenvalue weighted by atomic mass is 35.5. The molecule has 2 aromatic rings. The number of rotatable bonds is 1. The fraction of sp³-hybridized carbons (Fsp3) is 0.143. The van der Waals surface area contributed by atoms with Crippen LogP contribution < -0.4 is 0 Å². The Morgan fingerprint density at radius 2 is 1.83 bits per heavy atom. The van der Waals surface area contributed by atoms with E-state index in [9.17, 15) is 4.39 Å². The molecule has 0 radical (unpaired) electrons. The fourth-order valence-electron chi connectivity index (χ4n) is 1.29. The van der Waals surface area contributed by atoms with Crippen LogP contribution in [0.15, 0.2) is 36.5 Å². The Balaban J connectivity index is 0.000000771. The van der Waals surface area contributed by atoms with Crippen LogP contribution in [0.5, 0.6) is 0 Å². The van der Waals surface area contributed by atoms with Crippen molar-refractivity contribution in [2.45, 2.75) is 13.8 Å². The van der Waals surface area contributed by atoms with Crippen molar-refractivity contribution in [3.63, 3.8) is 0 Å². The molecule has 0 saturated carbocycles. The zero-order chi connectivity index (χ0) is 13.5. The van der Waals surface area contributed by atoms with Crippen LogP contribution in [-0.2, 0) is 0 Å². The van der Waals surface area contributed by atoms with Crippen LogP contribution in [0.25, 0.3) is 11.3 Å². The molecule has 0 spiro atoms. The summed E-state index contributed by atoms with van der Waals surface area (Å²) < 4.78 is 12.7. The zero-order valence-electron chi connectivity index (χ0n) is 10.1. The number of nitriles is 1. The molecule has 1 aromatic carbocycles. The molecule has 0 N–H and O–H groups in total. The molecule has 0 atom stereocenters. The van der Waals surface area contributed by atoms with E-state index in [1.54, 1.807) is 18.2 Å². The quantitative estimate of drug-likeness (QED) is 0.762. The molecular weight excluding hydrogens is 251 g/mol. The highest BCUT2D eigenvalue weighted by molar-refractivity contribution is 6.31. The molecule has 4 heteroatoms. The maximum atomic E-state index is 12.7. The Kier molecular flexibility index (Phi) is 5.29. The maximum absolute atomic E-state index is 12.7. The first kappa shape index (κ1) is 14.1. The summed E-state index contributed by atoms with van der Waals surface area (Å²) >= 11 is 5.87. The molecule has 18 heavy (non-hydrogen) atoms. The number of halogens is 2. The lowest BCUT2D eigenvalue weighted by molar-refractivity contribution is 0.628. The Labute approximate surface area is 111 Å². The average molecular weight is 263 g/mol. The summed E-state index contributed by atoms with van der Waals surface area (Å²) in [4.78, 5) is 4.08. The van der Waals surface area contributed by atoms with Gasteiger partial charge < -0.3 is 0 Å². The van der Waals surface area contributed by atoms with E-state index in [0.29, 0.717) is 16.3 Å². The topological polar surface area (TPSA) is 36.7 Å². The predicted octanol–water partition coefficient (Wildman–Crippen LogP) is 4.44. The number of benzene rings is 1. The summed E-state index contributed by atoms with van der Waals surface area (Å²) in [6.07, 6.45) is 1.40. The smallest absolute Gasteiger partial charge is 0.123 e. The summed E-state index contributed by atoms with van der Waals surface area (Å²) in [5.74, 6) is -0.302. The summed E-state index contributed by atoms with van der Waals surface area (Å²) in [6, 6.07) is 9.44. The van der Waals surface area contributed by atoms with Gasteiger partial charge in [0.2, 0.25) is 0 Å². The van der Waals surface area contributed by atoms with E-state index < -0.39 is 0 Å². The lowest BCUT2D eigenvalue weighted by Gasteiger charge is -2.01. The summed E-state index contributed by atoms with van der Waals surface area (Å²) in [5, 5.41) is 9.04. The molecule has 2 rings (SSSR count). The Bertz CT molecular complexity index is 559. The molecule has 0 fully saturated rings. The van der Waals surface area contributed by atoms with Gasteiger partial charge in [-0.2, -0.15) is 5.26 Å². The summed E-state index contributed by atoms with van der Waals surface area (Å²) in [5.41, 5.74) is 1.70. The van der Waals surface area contributed by atoms with Gasteiger partial charge in [0, 0.05) is 11.8 Å². The molecule has 0 aliphatic heterocycles. The highest BCUT2D eigenvalue weighted by Crippen LogP contribution is 2.22. The second kappa shape index (κ2) is 6.73. The second-order valence-corrected chi connectivity index (χ2v) is 3.58. The molecule has 2 nitrogen and oxygen atoms in total. The first-order chi connectivity index (χ1) is 8.70. The molecule has 0 unspecified atom stereocenters. The van der Waals surface area contributed by atoms with Gasteiger partial charge in [-0.15, -0.1) is 0 Å². The van der Waals surface area contributed by atoms with Crippen molar-refractivity contribution >= 4 is 11.6 Å². The summed E-state index contributed by atoms with van der Waals surface area (Å²) in [7, 11) is 0. The number of hydrogen-bond acceptors (Lipinski definition) is 2. The van der Waals surface area contributed by atoms with Gasteiger partial charge in [0.15, 0.2) is 0 Å². The third kappa shape index (κ3) is 3.28. The first-order valence-corrected chi connectivity index (χ1v) is 5.90. The van der Waals surface area contributed by atoms with Gasteiger partial charge in [0.1, 0.15) is 11.9 Å². The van der Waals surface area contributed by atoms with Crippen molar-refractivity contribution in [1.82, 2.24) is 4.98 Å². The van der Waals surface area contributed by atoms with E-state index in [4.69, 9.17) is 16.9 Å². The number of aromatic nitrogens is 1. The zero-order valence-corrected chi connectivity index (χ0v) is 10.9. The van der Waals surface area contributed by atoms with Crippen molar-refractivity contribution in [1.29, 1.82) is 5.26 Å². The number of hydrogen-bond donors (Lipinski definition) is 0. The van der Waals surface area contributed by atoms with Gasteiger partial charge >= 0.3 is 0 Å². The van der Waals surface area contributed by atoms with E-state index >= 15 is 0 Å².